The van der Waals surface area contributed by atoms with Gasteiger partial charge in [0.1, 0.15) is 0 Å². The standard InChI is InChI=1S/C32H32N4O7S/c1-7-42-26-16-21(9-14-25(26)41-6)29-28(31(38)43-8-2)19(4)33-32-35(29)30(37)27(44-32)17-22-15-18(3)34(20(22)5)23-10-12-24(13-11-23)36(39)40/h9-17,29H,7-8H2,1-6H3/b27-17-/t29-/m0/s1. The highest BCUT2D eigenvalue weighted by molar-refractivity contribution is 7.07. The van der Waals surface area contributed by atoms with Crippen molar-refractivity contribution in [2.75, 3.05) is 20.3 Å². The number of fused-ring (bicyclic) bond motifs is 1. The number of nitrogens with zero attached hydrogens (tertiary/aromatic N) is 4. The van der Waals surface area contributed by atoms with Crippen LogP contribution in [-0.2, 0) is 9.53 Å². The first kappa shape index (κ1) is 30.5. The quantitative estimate of drug-likeness (QED) is 0.154. The van der Waals surface area contributed by atoms with E-state index in [9.17, 15) is 19.7 Å². The predicted octanol–water partition coefficient (Wildman–Crippen LogP) is 4.52. The Morgan fingerprint density at radius 2 is 1.80 bits per heavy atom. The number of benzene rings is 2. The maximum absolute atomic E-state index is 14.1. The van der Waals surface area contributed by atoms with Crippen molar-refractivity contribution >= 4 is 29.1 Å². The second-order valence-corrected chi connectivity index (χ2v) is 11.1. The molecule has 0 aliphatic carbocycles. The van der Waals surface area contributed by atoms with Gasteiger partial charge in [-0.1, -0.05) is 17.4 Å². The van der Waals surface area contributed by atoms with Crippen molar-refractivity contribution in [1.82, 2.24) is 9.13 Å². The fourth-order valence-electron chi connectivity index (χ4n) is 5.43. The molecule has 12 heteroatoms. The molecular weight excluding hydrogens is 584 g/mol. The van der Waals surface area contributed by atoms with E-state index in [0.29, 0.717) is 38.7 Å². The number of hydrogen-bond acceptors (Lipinski definition) is 9. The number of thiazole rings is 1. The van der Waals surface area contributed by atoms with E-state index in [4.69, 9.17) is 14.2 Å². The summed E-state index contributed by atoms with van der Waals surface area (Å²) >= 11 is 1.23. The van der Waals surface area contributed by atoms with Gasteiger partial charge in [-0.2, -0.15) is 0 Å². The van der Waals surface area contributed by atoms with Crippen LogP contribution in [0.4, 0.5) is 5.69 Å². The maximum Gasteiger partial charge on any atom is 0.338 e. The fourth-order valence-corrected chi connectivity index (χ4v) is 6.47. The number of ether oxygens (including phenoxy) is 3. The number of non-ortho nitro benzene ring substituents is 1. The average Bonchev–Trinajstić information content (AvgIpc) is 3.45. The van der Waals surface area contributed by atoms with E-state index in [-0.39, 0.29) is 23.4 Å². The number of esters is 1. The molecule has 0 spiro atoms. The predicted molar refractivity (Wildman–Crippen MR) is 166 cm³/mol. The zero-order valence-corrected chi connectivity index (χ0v) is 26.1. The minimum Gasteiger partial charge on any atom is -0.493 e. The van der Waals surface area contributed by atoms with Crippen LogP contribution in [0.3, 0.4) is 0 Å². The van der Waals surface area contributed by atoms with Crippen LogP contribution in [0.25, 0.3) is 11.8 Å². The molecule has 0 fully saturated rings. The Morgan fingerprint density at radius 1 is 1.07 bits per heavy atom. The summed E-state index contributed by atoms with van der Waals surface area (Å²) in [6.07, 6.45) is 1.81. The summed E-state index contributed by atoms with van der Waals surface area (Å²) in [5.41, 5.74) is 4.43. The van der Waals surface area contributed by atoms with Gasteiger partial charge in [0.25, 0.3) is 11.2 Å². The van der Waals surface area contributed by atoms with Crippen LogP contribution in [0.2, 0.25) is 0 Å². The SMILES string of the molecule is CCOC(=O)C1=C(C)N=c2s/c(=C\c3cc(C)n(-c4ccc([N+](=O)[O-])cc4)c3C)c(=O)n2[C@H]1c1ccc(OC)c(OCC)c1. The highest BCUT2D eigenvalue weighted by Gasteiger charge is 2.34. The number of carbonyl (C=O) groups is 1. The Hall–Kier alpha value is -4.97. The van der Waals surface area contributed by atoms with Crippen LogP contribution in [0, 0.1) is 24.0 Å². The summed E-state index contributed by atoms with van der Waals surface area (Å²) in [6, 6.07) is 12.8. The highest BCUT2D eigenvalue weighted by atomic mass is 32.1. The van der Waals surface area contributed by atoms with Crippen molar-refractivity contribution in [3.8, 4) is 17.2 Å². The van der Waals surface area contributed by atoms with Gasteiger partial charge < -0.3 is 18.8 Å². The number of allylic oxidation sites excluding steroid dienone is 1. The van der Waals surface area contributed by atoms with E-state index in [2.05, 4.69) is 4.99 Å². The summed E-state index contributed by atoms with van der Waals surface area (Å²) in [4.78, 5) is 43.2. The Bertz CT molecular complexity index is 1980. The van der Waals surface area contributed by atoms with E-state index < -0.39 is 16.9 Å². The zero-order valence-electron chi connectivity index (χ0n) is 25.2. The lowest BCUT2D eigenvalue weighted by Gasteiger charge is -2.25. The third-order valence-electron chi connectivity index (χ3n) is 7.40. The summed E-state index contributed by atoms with van der Waals surface area (Å²) in [6.45, 7) is 9.76. The fraction of sp³-hybridized carbons (Fsp3) is 0.281. The van der Waals surface area contributed by atoms with Gasteiger partial charge in [-0.05, 0) is 82.2 Å². The molecule has 0 bridgehead atoms. The molecule has 0 saturated carbocycles. The van der Waals surface area contributed by atoms with Gasteiger partial charge in [0.15, 0.2) is 16.3 Å². The molecule has 5 rings (SSSR count). The average molecular weight is 617 g/mol. The number of aromatic nitrogens is 2. The van der Waals surface area contributed by atoms with Crippen molar-refractivity contribution in [1.29, 1.82) is 0 Å². The molecule has 228 valence electrons. The van der Waals surface area contributed by atoms with E-state index in [0.717, 1.165) is 22.6 Å². The van der Waals surface area contributed by atoms with Crippen LogP contribution >= 0.6 is 11.3 Å². The lowest BCUT2D eigenvalue weighted by atomic mass is 9.95. The topological polar surface area (TPSA) is 127 Å². The van der Waals surface area contributed by atoms with Gasteiger partial charge in [-0.25, -0.2) is 9.79 Å². The molecule has 4 aromatic rings. The molecule has 44 heavy (non-hydrogen) atoms. The molecule has 2 aromatic heterocycles. The second-order valence-electron chi connectivity index (χ2n) is 10.1. The molecular formula is C32H32N4O7S. The first-order valence-corrected chi connectivity index (χ1v) is 14.8. The summed E-state index contributed by atoms with van der Waals surface area (Å²) in [7, 11) is 1.55. The van der Waals surface area contributed by atoms with Gasteiger partial charge in [0, 0.05) is 29.2 Å². The third kappa shape index (κ3) is 5.44. The van der Waals surface area contributed by atoms with Gasteiger partial charge in [-0.3, -0.25) is 19.5 Å². The van der Waals surface area contributed by atoms with Crippen molar-refractivity contribution in [3.05, 3.63) is 112 Å². The van der Waals surface area contributed by atoms with Gasteiger partial charge in [-0.15, -0.1) is 0 Å². The first-order chi connectivity index (χ1) is 21.1. The van der Waals surface area contributed by atoms with Crippen molar-refractivity contribution in [3.63, 3.8) is 0 Å². The van der Waals surface area contributed by atoms with Crippen LogP contribution in [-0.4, -0.2) is 40.4 Å². The molecule has 1 aliphatic rings. The van der Waals surface area contributed by atoms with E-state index in [1.54, 1.807) is 51.3 Å². The van der Waals surface area contributed by atoms with Crippen molar-refractivity contribution in [2.24, 2.45) is 4.99 Å². The molecule has 1 aliphatic heterocycles. The van der Waals surface area contributed by atoms with Crippen LogP contribution in [0.15, 0.2) is 69.6 Å². The molecule has 0 radical (unpaired) electrons. The second kappa shape index (κ2) is 12.3. The zero-order chi connectivity index (χ0) is 31.7. The Morgan fingerprint density at radius 3 is 2.43 bits per heavy atom. The number of nitro groups is 1. The van der Waals surface area contributed by atoms with Crippen molar-refractivity contribution in [2.45, 2.75) is 40.7 Å². The third-order valence-corrected chi connectivity index (χ3v) is 8.38. The largest absolute Gasteiger partial charge is 0.493 e. The van der Waals surface area contributed by atoms with E-state index in [1.165, 1.54) is 28.0 Å². The van der Waals surface area contributed by atoms with Gasteiger partial charge in [0.2, 0.25) is 0 Å². The smallest absolute Gasteiger partial charge is 0.338 e. The Balaban J connectivity index is 1.67. The number of nitro benzene ring substituents is 1. The summed E-state index contributed by atoms with van der Waals surface area (Å²) in [5.74, 6) is 0.476. The lowest BCUT2D eigenvalue weighted by molar-refractivity contribution is -0.384. The summed E-state index contributed by atoms with van der Waals surface area (Å²) < 4.78 is 20.6. The summed E-state index contributed by atoms with van der Waals surface area (Å²) in [5, 5.41) is 11.1. The van der Waals surface area contributed by atoms with Crippen LogP contribution in [0.1, 0.15) is 49.3 Å². The minimum atomic E-state index is -0.801. The van der Waals surface area contributed by atoms with Crippen molar-refractivity contribution < 1.29 is 23.9 Å². The number of aryl methyl sites for hydroxylation is 1. The Kier molecular flexibility index (Phi) is 8.54. The number of carbonyl (C=O) groups excluding carboxylic acids is 1. The van der Waals surface area contributed by atoms with Crippen LogP contribution in [0.5, 0.6) is 11.5 Å². The molecule has 0 saturated heterocycles. The molecule has 1 atom stereocenters. The van der Waals surface area contributed by atoms with E-state index in [1.807, 2.05) is 37.5 Å². The lowest BCUT2D eigenvalue weighted by Crippen LogP contribution is -2.40. The molecule has 11 nitrogen and oxygen atoms in total. The first-order valence-electron chi connectivity index (χ1n) is 14.0. The van der Waals surface area contributed by atoms with Gasteiger partial charge >= 0.3 is 5.97 Å². The highest BCUT2D eigenvalue weighted by Crippen LogP contribution is 2.36. The molecule has 0 N–H and O–H groups in total. The molecule has 3 heterocycles. The maximum atomic E-state index is 14.1. The molecule has 0 unspecified atom stereocenters. The monoisotopic (exact) mass is 616 g/mol. The van der Waals surface area contributed by atoms with E-state index >= 15 is 0 Å². The van der Waals surface area contributed by atoms with Crippen LogP contribution < -0.4 is 24.4 Å². The number of methoxy groups -OCH3 is 1. The molecule has 0 amide bonds. The minimum absolute atomic E-state index is 0.00909. The molecule has 2 aromatic carbocycles. The Labute approximate surface area is 257 Å². The number of rotatable bonds is 9. The van der Waals surface area contributed by atoms with Gasteiger partial charge in [0.05, 0.1) is 47.1 Å². The number of hydrogen-bond donors (Lipinski definition) is 0. The normalized spacial score (nSPS) is 14.7.